The topological polar surface area (TPSA) is 66.8 Å². The summed E-state index contributed by atoms with van der Waals surface area (Å²) in [7, 11) is 0. The molecule has 1 amide bonds. The Hall–Kier alpha value is -2.30. The summed E-state index contributed by atoms with van der Waals surface area (Å²) in [5, 5.41) is 8.88. The molecule has 1 saturated heterocycles. The van der Waals surface area contributed by atoms with Crippen LogP contribution in [0.2, 0.25) is 0 Å². The van der Waals surface area contributed by atoms with Gasteiger partial charge in [-0.3, -0.25) is 0 Å². The summed E-state index contributed by atoms with van der Waals surface area (Å²) in [6.07, 6.45) is 2.51. The van der Waals surface area contributed by atoms with E-state index >= 15 is 0 Å². The van der Waals surface area contributed by atoms with E-state index in [1.807, 2.05) is 26.8 Å². The maximum absolute atomic E-state index is 12.0. The highest BCUT2D eigenvalue weighted by Gasteiger charge is 2.26. The fourth-order valence-corrected chi connectivity index (χ4v) is 2.24. The summed E-state index contributed by atoms with van der Waals surface area (Å²) in [5.74, 6) is -0.934. The number of hydrogen-bond acceptors (Lipinski definition) is 3. The summed E-state index contributed by atoms with van der Waals surface area (Å²) in [4.78, 5) is 24.5. The Balaban J connectivity index is 2.00. The second kappa shape index (κ2) is 6.22. The molecule has 5 nitrogen and oxygen atoms in total. The molecule has 0 aromatic heterocycles. The van der Waals surface area contributed by atoms with Crippen LogP contribution in [0.15, 0.2) is 29.8 Å². The lowest BCUT2D eigenvalue weighted by Crippen LogP contribution is -2.34. The number of ether oxygens (including phenoxy) is 1. The first kappa shape index (κ1) is 16.1. The molecule has 0 atom stereocenters. The molecule has 1 aromatic rings. The number of carbonyl (C=O) groups excluding carboxylic acids is 1. The van der Waals surface area contributed by atoms with E-state index in [0.29, 0.717) is 13.1 Å². The van der Waals surface area contributed by atoms with Crippen molar-refractivity contribution in [1.82, 2.24) is 4.90 Å². The van der Waals surface area contributed by atoms with Crippen LogP contribution in [-0.2, 0) is 4.74 Å². The zero-order valence-corrected chi connectivity index (χ0v) is 13.1. The van der Waals surface area contributed by atoms with Crippen molar-refractivity contribution in [2.75, 3.05) is 13.1 Å². The first-order valence-corrected chi connectivity index (χ1v) is 7.25. The van der Waals surface area contributed by atoms with Crippen molar-refractivity contribution in [3.05, 3.63) is 41.0 Å². The molecule has 5 heteroatoms. The third-order valence-corrected chi connectivity index (χ3v) is 3.28. The van der Waals surface area contributed by atoms with Crippen molar-refractivity contribution in [3.63, 3.8) is 0 Å². The van der Waals surface area contributed by atoms with Crippen molar-refractivity contribution in [1.29, 1.82) is 0 Å². The Morgan fingerprint density at radius 1 is 1.23 bits per heavy atom. The molecular weight excluding hydrogens is 282 g/mol. The standard InChI is InChI=1S/C17H21NO4/c1-17(2,3)22-16(21)18-9-8-13(11-18)10-12-4-6-14(7-5-12)15(19)20/h4-7,10H,8-9,11H2,1-3H3,(H,19,20). The van der Waals surface area contributed by atoms with Gasteiger partial charge < -0.3 is 14.7 Å². The number of carboxylic acid groups (broad SMARTS) is 1. The number of carboxylic acids is 1. The van der Waals surface area contributed by atoms with Gasteiger partial charge in [0.15, 0.2) is 0 Å². The number of aromatic carboxylic acids is 1. The molecule has 1 fully saturated rings. The molecule has 0 spiro atoms. The largest absolute Gasteiger partial charge is 0.478 e. The molecule has 1 aliphatic rings. The number of hydrogen-bond donors (Lipinski definition) is 1. The first-order valence-electron chi connectivity index (χ1n) is 7.25. The fraction of sp³-hybridized carbons (Fsp3) is 0.412. The van der Waals surface area contributed by atoms with Crippen LogP contribution in [-0.4, -0.2) is 40.8 Å². The molecule has 0 saturated carbocycles. The van der Waals surface area contributed by atoms with Crippen molar-refractivity contribution in [2.45, 2.75) is 32.8 Å². The van der Waals surface area contributed by atoms with Gasteiger partial charge in [0.2, 0.25) is 0 Å². The molecule has 1 heterocycles. The number of benzene rings is 1. The van der Waals surface area contributed by atoms with Gasteiger partial charge in [0.25, 0.3) is 0 Å². The van der Waals surface area contributed by atoms with Gasteiger partial charge in [-0.1, -0.05) is 18.2 Å². The Morgan fingerprint density at radius 3 is 2.41 bits per heavy atom. The van der Waals surface area contributed by atoms with E-state index in [9.17, 15) is 9.59 Å². The molecule has 0 unspecified atom stereocenters. The predicted molar refractivity (Wildman–Crippen MR) is 83.8 cm³/mol. The minimum atomic E-state index is -0.934. The Labute approximate surface area is 130 Å². The van der Waals surface area contributed by atoms with E-state index in [1.165, 1.54) is 0 Å². The third-order valence-electron chi connectivity index (χ3n) is 3.28. The number of rotatable bonds is 2. The minimum Gasteiger partial charge on any atom is -0.478 e. The summed E-state index contributed by atoms with van der Waals surface area (Å²) in [6, 6.07) is 6.70. The zero-order valence-electron chi connectivity index (χ0n) is 13.1. The van der Waals surface area contributed by atoms with Gasteiger partial charge >= 0.3 is 12.1 Å². The Morgan fingerprint density at radius 2 is 1.86 bits per heavy atom. The van der Waals surface area contributed by atoms with Crippen molar-refractivity contribution in [3.8, 4) is 0 Å². The highest BCUT2D eigenvalue weighted by Crippen LogP contribution is 2.21. The maximum Gasteiger partial charge on any atom is 0.410 e. The molecule has 2 rings (SSSR count). The number of carbonyl (C=O) groups is 2. The lowest BCUT2D eigenvalue weighted by atomic mass is 10.1. The molecular formula is C17H21NO4. The van der Waals surface area contributed by atoms with Gasteiger partial charge in [-0.15, -0.1) is 0 Å². The van der Waals surface area contributed by atoms with Crippen LogP contribution in [0.25, 0.3) is 6.08 Å². The highest BCUT2D eigenvalue weighted by molar-refractivity contribution is 5.87. The summed E-state index contributed by atoms with van der Waals surface area (Å²) < 4.78 is 5.36. The fourth-order valence-electron chi connectivity index (χ4n) is 2.24. The summed E-state index contributed by atoms with van der Waals surface area (Å²) in [5.41, 5.74) is 1.85. The number of likely N-dealkylation sites (tertiary alicyclic amines) is 1. The van der Waals surface area contributed by atoms with E-state index in [4.69, 9.17) is 9.84 Å². The second-order valence-corrected chi connectivity index (χ2v) is 6.38. The maximum atomic E-state index is 12.0. The van der Waals surface area contributed by atoms with Crippen molar-refractivity contribution in [2.24, 2.45) is 0 Å². The van der Waals surface area contributed by atoms with Crippen LogP contribution >= 0.6 is 0 Å². The van der Waals surface area contributed by atoms with Crippen LogP contribution in [0.3, 0.4) is 0 Å². The smallest absolute Gasteiger partial charge is 0.410 e. The lowest BCUT2D eigenvalue weighted by molar-refractivity contribution is 0.0299. The normalized spacial score (nSPS) is 16.9. The lowest BCUT2D eigenvalue weighted by Gasteiger charge is -2.23. The van der Waals surface area contributed by atoms with E-state index in [-0.39, 0.29) is 11.7 Å². The first-order chi connectivity index (χ1) is 10.2. The molecule has 1 aromatic carbocycles. The monoisotopic (exact) mass is 303 g/mol. The predicted octanol–water partition coefficient (Wildman–Crippen LogP) is 3.41. The van der Waals surface area contributed by atoms with Gasteiger partial charge in [0.1, 0.15) is 5.60 Å². The molecule has 0 radical (unpaired) electrons. The molecule has 118 valence electrons. The Bertz CT molecular complexity index is 596. The van der Waals surface area contributed by atoms with E-state index in [2.05, 4.69) is 0 Å². The molecule has 22 heavy (non-hydrogen) atoms. The van der Waals surface area contributed by atoms with Gasteiger partial charge in [-0.2, -0.15) is 0 Å². The SMILES string of the molecule is CC(C)(C)OC(=O)N1CCC(=Cc2ccc(C(=O)O)cc2)C1. The van der Waals surface area contributed by atoms with Crippen molar-refractivity contribution < 1.29 is 19.4 Å². The van der Waals surface area contributed by atoms with Crippen LogP contribution in [0.1, 0.15) is 43.1 Å². The van der Waals surface area contributed by atoms with Gasteiger partial charge in [-0.05, 0) is 50.5 Å². The average Bonchev–Trinajstić information content (AvgIpc) is 2.86. The number of nitrogens with zero attached hydrogens (tertiary/aromatic N) is 1. The molecule has 1 aliphatic heterocycles. The van der Waals surface area contributed by atoms with Crippen LogP contribution in [0, 0.1) is 0 Å². The van der Waals surface area contributed by atoms with Gasteiger partial charge in [0, 0.05) is 13.1 Å². The van der Waals surface area contributed by atoms with Crippen LogP contribution < -0.4 is 0 Å². The average molecular weight is 303 g/mol. The highest BCUT2D eigenvalue weighted by atomic mass is 16.6. The van der Waals surface area contributed by atoms with E-state index < -0.39 is 11.6 Å². The summed E-state index contributed by atoms with van der Waals surface area (Å²) in [6.45, 7) is 6.74. The van der Waals surface area contributed by atoms with Crippen LogP contribution in [0.5, 0.6) is 0 Å². The third kappa shape index (κ3) is 4.35. The Kier molecular flexibility index (Phi) is 4.54. The van der Waals surface area contributed by atoms with E-state index in [1.54, 1.807) is 29.2 Å². The van der Waals surface area contributed by atoms with E-state index in [0.717, 1.165) is 17.6 Å². The molecule has 0 aliphatic carbocycles. The quantitative estimate of drug-likeness (QED) is 0.909. The molecule has 1 N–H and O–H groups in total. The zero-order chi connectivity index (χ0) is 16.3. The number of amides is 1. The minimum absolute atomic E-state index is 0.268. The van der Waals surface area contributed by atoms with Gasteiger partial charge in [-0.25, -0.2) is 9.59 Å². The molecule has 0 bridgehead atoms. The van der Waals surface area contributed by atoms with Crippen molar-refractivity contribution >= 4 is 18.1 Å². The van der Waals surface area contributed by atoms with Crippen LogP contribution in [0.4, 0.5) is 4.79 Å². The summed E-state index contributed by atoms with van der Waals surface area (Å²) >= 11 is 0. The second-order valence-electron chi connectivity index (χ2n) is 6.38. The van der Waals surface area contributed by atoms with Gasteiger partial charge in [0.05, 0.1) is 5.56 Å².